The van der Waals surface area contributed by atoms with Gasteiger partial charge in [0.1, 0.15) is 13.2 Å². The van der Waals surface area contributed by atoms with Crippen LogP contribution in [0.5, 0.6) is 0 Å². The number of hydrogen-bond donors (Lipinski definition) is 0. The van der Waals surface area contributed by atoms with Gasteiger partial charge in [-0.15, -0.1) is 0 Å². The molecule has 0 saturated carbocycles. The van der Waals surface area contributed by atoms with Gasteiger partial charge in [0.2, 0.25) is 0 Å². The number of esters is 3. The van der Waals surface area contributed by atoms with Crippen molar-refractivity contribution < 1.29 is 28.6 Å². The predicted molar refractivity (Wildman–Crippen MR) is 316 cm³/mol. The second kappa shape index (κ2) is 62.2. The molecule has 0 N–H and O–H groups in total. The average Bonchev–Trinajstić information content (AvgIpc) is 3.39. The van der Waals surface area contributed by atoms with Gasteiger partial charge in [0.15, 0.2) is 6.10 Å². The van der Waals surface area contributed by atoms with Crippen LogP contribution in [0, 0.1) is 0 Å². The van der Waals surface area contributed by atoms with E-state index in [2.05, 4.69) is 57.2 Å². The standard InChI is InChI=1S/C67H124O6/c1-4-7-10-13-16-19-22-25-28-31-34-37-39-42-45-48-51-54-57-60-66(69)72-63-64(73-67(70)61-58-55-52-49-46-43-40-36-33-30-27-24-21-18-15-12-9-6-3)62-71-65(68)59-56-53-50-47-44-41-38-35-32-29-26-23-20-17-14-11-8-5-2/h31,34-36,38,40,64H,4-30,32-33,37,39,41-63H2,1-3H3/b34-31-,38-35-,40-36-. The highest BCUT2D eigenvalue weighted by Gasteiger charge is 2.19. The number of ether oxygens (including phenoxy) is 3. The van der Waals surface area contributed by atoms with Gasteiger partial charge in [-0.05, 0) is 96.3 Å². The van der Waals surface area contributed by atoms with Crippen molar-refractivity contribution in [2.24, 2.45) is 0 Å². The fourth-order valence-electron chi connectivity index (χ4n) is 9.67. The molecule has 0 spiro atoms. The molecule has 6 heteroatoms. The lowest BCUT2D eigenvalue weighted by atomic mass is 10.1. The number of allylic oxidation sites excluding steroid dienone is 6. The van der Waals surface area contributed by atoms with Crippen LogP contribution in [0.15, 0.2) is 36.5 Å². The normalized spacial score (nSPS) is 12.2. The second-order valence-electron chi connectivity index (χ2n) is 22.0. The molecule has 73 heavy (non-hydrogen) atoms. The van der Waals surface area contributed by atoms with E-state index >= 15 is 0 Å². The molecule has 0 bridgehead atoms. The molecule has 0 aliphatic carbocycles. The maximum Gasteiger partial charge on any atom is 0.306 e. The summed E-state index contributed by atoms with van der Waals surface area (Å²) in [5.74, 6) is -0.876. The average molecular weight is 1030 g/mol. The fraction of sp³-hybridized carbons (Fsp3) is 0.866. The molecule has 0 fully saturated rings. The minimum atomic E-state index is -0.781. The molecule has 0 aromatic carbocycles. The lowest BCUT2D eigenvalue weighted by Crippen LogP contribution is -2.30. The van der Waals surface area contributed by atoms with Gasteiger partial charge in [0, 0.05) is 19.3 Å². The Bertz CT molecular complexity index is 1220. The fourth-order valence-corrected chi connectivity index (χ4v) is 9.67. The quantitative estimate of drug-likeness (QED) is 0.0261. The summed E-state index contributed by atoms with van der Waals surface area (Å²) < 4.78 is 16.9. The Morgan fingerprint density at radius 2 is 0.452 bits per heavy atom. The number of carbonyl (C=O) groups excluding carboxylic acids is 3. The Morgan fingerprint density at radius 1 is 0.260 bits per heavy atom. The van der Waals surface area contributed by atoms with E-state index in [4.69, 9.17) is 14.2 Å². The first kappa shape index (κ1) is 70.6. The third-order valence-corrected chi connectivity index (χ3v) is 14.6. The van der Waals surface area contributed by atoms with Crippen LogP contribution in [-0.2, 0) is 28.6 Å². The molecule has 0 radical (unpaired) electrons. The molecule has 0 aliphatic rings. The number of rotatable bonds is 60. The predicted octanol–water partition coefficient (Wildman–Crippen LogP) is 22.0. The van der Waals surface area contributed by atoms with Crippen molar-refractivity contribution in [3.63, 3.8) is 0 Å². The second-order valence-corrected chi connectivity index (χ2v) is 22.0. The van der Waals surface area contributed by atoms with Gasteiger partial charge < -0.3 is 14.2 Å². The number of carbonyl (C=O) groups is 3. The van der Waals surface area contributed by atoms with E-state index in [1.807, 2.05) is 0 Å². The smallest absolute Gasteiger partial charge is 0.306 e. The Kier molecular flexibility index (Phi) is 60.2. The van der Waals surface area contributed by atoms with Gasteiger partial charge in [-0.1, -0.05) is 276 Å². The van der Waals surface area contributed by atoms with Crippen molar-refractivity contribution in [2.75, 3.05) is 13.2 Å². The van der Waals surface area contributed by atoms with E-state index in [0.29, 0.717) is 19.3 Å². The first-order chi connectivity index (χ1) is 36.0. The maximum absolute atomic E-state index is 12.9. The summed E-state index contributed by atoms with van der Waals surface area (Å²) >= 11 is 0. The monoisotopic (exact) mass is 1020 g/mol. The van der Waals surface area contributed by atoms with Crippen LogP contribution in [0.3, 0.4) is 0 Å². The third kappa shape index (κ3) is 60.4. The molecule has 0 rings (SSSR count). The van der Waals surface area contributed by atoms with Crippen LogP contribution in [0.4, 0.5) is 0 Å². The van der Waals surface area contributed by atoms with E-state index in [9.17, 15) is 14.4 Å². The molecule has 0 aromatic rings. The summed E-state index contributed by atoms with van der Waals surface area (Å²) in [6.45, 7) is 6.68. The lowest BCUT2D eigenvalue weighted by Gasteiger charge is -2.18. The van der Waals surface area contributed by atoms with Crippen molar-refractivity contribution in [2.45, 2.75) is 361 Å². The first-order valence-electron chi connectivity index (χ1n) is 32.5. The van der Waals surface area contributed by atoms with E-state index < -0.39 is 6.10 Å². The van der Waals surface area contributed by atoms with Crippen molar-refractivity contribution >= 4 is 17.9 Å². The summed E-state index contributed by atoms with van der Waals surface area (Å²) in [7, 11) is 0. The lowest BCUT2D eigenvalue weighted by molar-refractivity contribution is -0.167. The number of hydrogen-bond acceptors (Lipinski definition) is 6. The molecule has 0 aliphatic heterocycles. The molecule has 0 aromatic heterocycles. The first-order valence-corrected chi connectivity index (χ1v) is 32.5. The SMILES string of the molecule is CCCCCCCCCC/C=C\CCCCCCCCCC(=O)OCC(COC(=O)CCCCCCC/C=C\CCCCCCCCCCC)OC(=O)CCCCCCC/C=C\CCCCCCCCCCC. The summed E-state index contributed by atoms with van der Waals surface area (Å²) in [5.41, 5.74) is 0. The van der Waals surface area contributed by atoms with Crippen LogP contribution in [-0.4, -0.2) is 37.2 Å². The topological polar surface area (TPSA) is 78.9 Å². The Balaban J connectivity index is 4.37. The van der Waals surface area contributed by atoms with E-state index in [1.165, 1.54) is 244 Å². The summed E-state index contributed by atoms with van der Waals surface area (Å²) in [4.78, 5) is 38.3. The molecule has 1 unspecified atom stereocenters. The van der Waals surface area contributed by atoms with Crippen LogP contribution in [0.1, 0.15) is 355 Å². The van der Waals surface area contributed by atoms with Crippen molar-refractivity contribution in [3.05, 3.63) is 36.5 Å². The minimum Gasteiger partial charge on any atom is -0.462 e. The molecule has 0 heterocycles. The number of unbranched alkanes of at least 4 members (excludes halogenated alkanes) is 43. The van der Waals surface area contributed by atoms with Crippen molar-refractivity contribution in [1.82, 2.24) is 0 Å². The zero-order valence-corrected chi connectivity index (χ0v) is 49.2. The van der Waals surface area contributed by atoms with Gasteiger partial charge in [-0.3, -0.25) is 14.4 Å². The van der Waals surface area contributed by atoms with Crippen molar-refractivity contribution in [1.29, 1.82) is 0 Å². The molecule has 0 amide bonds. The van der Waals surface area contributed by atoms with E-state index in [-0.39, 0.29) is 31.1 Å². The molecular weight excluding hydrogens is 901 g/mol. The van der Waals surface area contributed by atoms with Gasteiger partial charge >= 0.3 is 17.9 Å². The summed E-state index contributed by atoms with van der Waals surface area (Å²) in [6.07, 6.45) is 75.8. The Hall–Kier alpha value is -2.37. The maximum atomic E-state index is 12.9. The van der Waals surface area contributed by atoms with Crippen LogP contribution in [0.2, 0.25) is 0 Å². The minimum absolute atomic E-state index is 0.0777. The Labute approximate surface area is 455 Å². The third-order valence-electron chi connectivity index (χ3n) is 14.6. The summed E-state index contributed by atoms with van der Waals surface area (Å²) in [6, 6.07) is 0. The molecule has 1 atom stereocenters. The van der Waals surface area contributed by atoms with E-state index in [1.54, 1.807) is 0 Å². The molecule has 0 saturated heterocycles. The summed E-state index contributed by atoms with van der Waals surface area (Å²) in [5, 5.41) is 0. The van der Waals surface area contributed by atoms with E-state index in [0.717, 1.165) is 70.6 Å². The zero-order chi connectivity index (χ0) is 52.9. The highest BCUT2D eigenvalue weighted by atomic mass is 16.6. The van der Waals surface area contributed by atoms with Crippen LogP contribution >= 0.6 is 0 Å². The van der Waals surface area contributed by atoms with Crippen LogP contribution < -0.4 is 0 Å². The van der Waals surface area contributed by atoms with Gasteiger partial charge in [0.25, 0.3) is 0 Å². The van der Waals surface area contributed by atoms with Crippen LogP contribution in [0.25, 0.3) is 0 Å². The Morgan fingerprint density at radius 3 is 0.685 bits per heavy atom. The molecule has 6 nitrogen and oxygen atoms in total. The highest BCUT2D eigenvalue weighted by Crippen LogP contribution is 2.17. The highest BCUT2D eigenvalue weighted by molar-refractivity contribution is 5.71. The van der Waals surface area contributed by atoms with Gasteiger partial charge in [-0.25, -0.2) is 0 Å². The molecular formula is C67H124O6. The van der Waals surface area contributed by atoms with Gasteiger partial charge in [-0.2, -0.15) is 0 Å². The zero-order valence-electron chi connectivity index (χ0n) is 49.2. The molecule has 428 valence electrons. The largest absolute Gasteiger partial charge is 0.462 e. The van der Waals surface area contributed by atoms with Gasteiger partial charge in [0.05, 0.1) is 0 Å². The van der Waals surface area contributed by atoms with Crippen molar-refractivity contribution in [3.8, 4) is 0 Å².